The first-order chi connectivity index (χ1) is 16.3. The van der Waals surface area contributed by atoms with E-state index in [-0.39, 0.29) is 40.1 Å². The molecule has 1 N–H and O–H groups in total. The van der Waals surface area contributed by atoms with Crippen LogP contribution in [0.5, 0.6) is 0 Å². The van der Waals surface area contributed by atoms with Gasteiger partial charge in [0.1, 0.15) is 32.8 Å². The lowest BCUT2D eigenvalue weighted by Crippen LogP contribution is -2.28. The zero-order valence-corrected chi connectivity index (χ0v) is 20.1. The molecular weight excluding hydrogens is 488 g/mol. The van der Waals surface area contributed by atoms with Crippen LogP contribution >= 0.6 is 0 Å². The highest BCUT2D eigenvalue weighted by atomic mass is 32.2. The van der Waals surface area contributed by atoms with Crippen LogP contribution in [0.3, 0.4) is 0 Å². The second-order valence-electron chi connectivity index (χ2n) is 8.81. The van der Waals surface area contributed by atoms with Gasteiger partial charge in [-0.1, -0.05) is 12.1 Å². The maximum absolute atomic E-state index is 14.7. The number of hydrogen-bond donors (Lipinski definition) is 1. The number of nitrogens with zero attached hydrogens (tertiary/aromatic N) is 3. The van der Waals surface area contributed by atoms with Gasteiger partial charge in [0.15, 0.2) is 0 Å². The molecular formula is C23H24F4N4O3S. The van der Waals surface area contributed by atoms with Crippen LogP contribution in [0.25, 0.3) is 10.9 Å². The van der Waals surface area contributed by atoms with E-state index in [1.165, 1.54) is 17.6 Å². The summed E-state index contributed by atoms with van der Waals surface area (Å²) in [5, 5.41) is 3.28. The van der Waals surface area contributed by atoms with E-state index in [0.717, 1.165) is 6.07 Å². The third-order valence-electron chi connectivity index (χ3n) is 6.37. The van der Waals surface area contributed by atoms with Crippen molar-refractivity contribution < 1.29 is 26.0 Å². The van der Waals surface area contributed by atoms with E-state index in [0.29, 0.717) is 30.0 Å². The Kier molecular flexibility index (Phi) is 6.37. The van der Waals surface area contributed by atoms with Crippen molar-refractivity contribution in [1.29, 1.82) is 0 Å². The molecule has 1 saturated heterocycles. The minimum absolute atomic E-state index is 0.0191. The maximum Gasteiger partial charge on any atom is 0.419 e. The molecule has 0 bridgehead atoms. The average Bonchev–Trinajstić information content (AvgIpc) is 2.76. The Morgan fingerprint density at radius 2 is 1.83 bits per heavy atom. The number of anilines is 1. The first kappa shape index (κ1) is 25.1. The number of hydrogen-bond acceptors (Lipinski definition) is 6. The molecule has 1 atom stereocenters. The number of pyridine rings is 1. The van der Waals surface area contributed by atoms with Gasteiger partial charge in [0.05, 0.1) is 28.5 Å². The van der Waals surface area contributed by atoms with E-state index in [1.54, 1.807) is 20.0 Å². The van der Waals surface area contributed by atoms with E-state index in [2.05, 4.69) is 15.3 Å². The van der Waals surface area contributed by atoms with Gasteiger partial charge in [0.2, 0.25) is 0 Å². The van der Waals surface area contributed by atoms with Crippen molar-refractivity contribution in [2.45, 2.75) is 44.8 Å². The zero-order valence-electron chi connectivity index (χ0n) is 19.3. The maximum atomic E-state index is 14.7. The van der Waals surface area contributed by atoms with Crippen LogP contribution in [0.2, 0.25) is 0 Å². The van der Waals surface area contributed by atoms with E-state index < -0.39 is 39.0 Å². The first-order valence-corrected chi connectivity index (χ1v) is 12.8. The normalized spacial score (nSPS) is 17.5. The van der Waals surface area contributed by atoms with Crippen molar-refractivity contribution >= 4 is 26.6 Å². The Hall–Kier alpha value is -3.02. The molecule has 0 saturated carbocycles. The molecule has 7 nitrogen and oxygen atoms in total. The number of aryl methyl sites for hydroxylation is 1. The number of aromatic nitrogens is 3. The standard InChI is InChI=1S/C23H24F4N4O3S/c1-12(15-5-4-6-17(19(15)24)23(25,26)27)28-21-16-11-18(14-7-9-35(33,34)10-8-14)31(3)22(32)20(16)29-13(2)30-21/h4-6,11-12,14H,7-10H2,1-3H3,(H,28,29,30)/t12-/m1/s1. The third-order valence-corrected chi connectivity index (χ3v) is 8.09. The summed E-state index contributed by atoms with van der Waals surface area (Å²) in [6, 6.07) is 3.85. The van der Waals surface area contributed by atoms with E-state index >= 15 is 0 Å². The Balaban J connectivity index is 1.79. The molecule has 3 heterocycles. The molecule has 1 aliphatic heterocycles. The van der Waals surface area contributed by atoms with Crippen molar-refractivity contribution in [3.8, 4) is 0 Å². The minimum atomic E-state index is -4.84. The highest BCUT2D eigenvalue weighted by Gasteiger charge is 2.35. The number of alkyl halides is 3. The first-order valence-electron chi connectivity index (χ1n) is 11.0. The second kappa shape index (κ2) is 8.89. The van der Waals surface area contributed by atoms with E-state index in [1.807, 2.05) is 0 Å². The molecule has 2 aromatic heterocycles. The molecule has 188 valence electrons. The summed E-state index contributed by atoms with van der Waals surface area (Å²) in [4.78, 5) is 21.7. The van der Waals surface area contributed by atoms with E-state index in [9.17, 15) is 30.8 Å². The Bertz CT molecular complexity index is 1450. The van der Waals surface area contributed by atoms with Crippen LogP contribution in [-0.2, 0) is 23.1 Å². The van der Waals surface area contributed by atoms with Gasteiger partial charge in [-0.2, -0.15) is 13.2 Å². The van der Waals surface area contributed by atoms with Gasteiger partial charge in [-0.25, -0.2) is 22.8 Å². The molecule has 12 heteroatoms. The number of halogens is 4. The lowest BCUT2D eigenvalue weighted by molar-refractivity contribution is -0.140. The van der Waals surface area contributed by atoms with Crippen molar-refractivity contribution in [3.05, 3.63) is 63.1 Å². The summed E-state index contributed by atoms with van der Waals surface area (Å²) in [5.74, 6) is -1.08. The monoisotopic (exact) mass is 512 g/mol. The van der Waals surface area contributed by atoms with Crippen LogP contribution in [0.1, 0.15) is 54.4 Å². The molecule has 4 rings (SSSR count). The van der Waals surface area contributed by atoms with Crippen LogP contribution in [-0.4, -0.2) is 34.5 Å². The van der Waals surface area contributed by atoms with Gasteiger partial charge in [0, 0.05) is 24.2 Å². The van der Waals surface area contributed by atoms with Crippen molar-refractivity contribution in [2.75, 3.05) is 16.8 Å². The number of rotatable bonds is 4. The molecule has 35 heavy (non-hydrogen) atoms. The summed E-state index contributed by atoms with van der Waals surface area (Å²) >= 11 is 0. The van der Waals surface area contributed by atoms with E-state index in [4.69, 9.17) is 0 Å². The van der Waals surface area contributed by atoms with Crippen LogP contribution < -0.4 is 10.9 Å². The Morgan fingerprint density at radius 1 is 1.17 bits per heavy atom. The molecule has 0 spiro atoms. The van der Waals surface area contributed by atoms with Crippen LogP contribution in [0.4, 0.5) is 23.4 Å². The van der Waals surface area contributed by atoms with Gasteiger partial charge in [-0.05, 0) is 38.8 Å². The lowest BCUT2D eigenvalue weighted by atomic mass is 9.96. The SMILES string of the molecule is Cc1nc(N[C@H](C)c2cccc(C(F)(F)F)c2F)c2cc(C3CCS(=O)(=O)CC3)n(C)c(=O)c2n1. The number of fused-ring (bicyclic) bond motifs is 1. The number of benzene rings is 1. The quantitative estimate of drug-likeness (QED) is 0.525. The summed E-state index contributed by atoms with van der Waals surface area (Å²) in [5.41, 5.74) is -1.25. The largest absolute Gasteiger partial charge is 0.419 e. The topological polar surface area (TPSA) is 94.0 Å². The average molecular weight is 513 g/mol. The summed E-state index contributed by atoms with van der Waals surface area (Å²) in [7, 11) is -1.52. The minimum Gasteiger partial charge on any atom is -0.363 e. The third kappa shape index (κ3) is 4.89. The summed E-state index contributed by atoms with van der Waals surface area (Å²) in [6.07, 6.45) is -4.11. The smallest absolute Gasteiger partial charge is 0.363 e. The number of sulfone groups is 1. The molecule has 3 aromatic rings. The van der Waals surface area contributed by atoms with Gasteiger partial charge in [-0.15, -0.1) is 0 Å². The molecule has 1 fully saturated rings. The molecule has 1 aliphatic rings. The Labute approximate surface area is 199 Å². The second-order valence-corrected chi connectivity index (χ2v) is 11.1. The Morgan fingerprint density at radius 3 is 2.46 bits per heavy atom. The van der Waals surface area contributed by atoms with Gasteiger partial charge >= 0.3 is 6.18 Å². The molecule has 0 aliphatic carbocycles. The van der Waals surface area contributed by atoms with Crippen molar-refractivity contribution in [1.82, 2.24) is 14.5 Å². The highest BCUT2D eigenvalue weighted by molar-refractivity contribution is 7.91. The summed E-state index contributed by atoms with van der Waals surface area (Å²) in [6.45, 7) is 3.06. The van der Waals surface area contributed by atoms with Gasteiger partial charge < -0.3 is 9.88 Å². The van der Waals surface area contributed by atoms with Crippen LogP contribution in [0.15, 0.2) is 29.1 Å². The van der Waals surface area contributed by atoms with Crippen molar-refractivity contribution in [2.24, 2.45) is 7.05 Å². The fourth-order valence-corrected chi connectivity index (χ4v) is 5.97. The van der Waals surface area contributed by atoms with Crippen LogP contribution in [0, 0.1) is 12.7 Å². The molecule has 0 amide bonds. The lowest BCUT2D eigenvalue weighted by Gasteiger charge is -2.25. The highest BCUT2D eigenvalue weighted by Crippen LogP contribution is 2.35. The predicted octanol–water partition coefficient (Wildman–Crippen LogP) is 4.26. The molecule has 0 unspecified atom stereocenters. The fraction of sp³-hybridized carbons (Fsp3) is 0.435. The fourth-order valence-electron chi connectivity index (χ4n) is 4.48. The summed E-state index contributed by atoms with van der Waals surface area (Å²) < 4.78 is 79.4. The van der Waals surface area contributed by atoms with Gasteiger partial charge in [-0.3, -0.25) is 4.79 Å². The molecule has 0 radical (unpaired) electrons. The predicted molar refractivity (Wildman–Crippen MR) is 124 cm³/mol. The van der Waals surface area contributed by atoms with Crippen molar-refractivity contribution in [3.63, 3.8) is 0 Å². The molecule has 1 aromatic carbocycles. The number of nitrogens with one attached hydrogen (secondary N) is 1. The zero-order chi connectivity index (χ0) is 25.7. The van der Waals surface area contributed by atoms with Gasteiger partial charge in [0.25, 0.3) is 5.56 Å².